The maximum absolute atomic E-state index is 13.5. The van der Waals surface area contributed by atoms with Gasteiger partial charge in [-0.2, -0.15) is 4.31 Å². The van der Waals surface area contributed by atoms with Crippen molar-refractivity contribution in [2.75, 3.05) is 24.5 Å². The normalized spacial score (nSPS) is 17.4. The van der Waals surface area contributed by atoms with E-state index in [1.165, 1.54) is 4.31 Å². The number of carbonyl (C=O) groups excluding carboxylic acids is 1. The SMILES string of the molecule is CCN(CC)S(=O)(=O)c1ccc2c(c1)CCN2C(=O)C1(c2cccc(Br)c2)CC1. The van der Waals surface area contributed by atoms with Crippen LogP contribution in [0.4, 0.5) is 5.69 Å². The fourth-order valence-electron chi connectivity index (χ4n) is 4.26. The van der Waals surface area contributed by atoms with Gasteiger partial charge in [-0.25, -0.2) is 8.42 Å². The van der Waals surface area contributed by atoms with Crippen LogP contribution in [0.1, 0.15) is 37.8 Å². The number of rotatable bonds is 6. The number of hydrogen-bond donors (Lipinski definition) is 0. The highest BCUT2D eigenvalue weighted by Gasteiger charge is 2.54. The summed E-state index contributed by atoms with van der Waals surface area (Å²) in [5.41, 5.74) is 2.37. The zero-order chi connectivity index (χ0) is 20.8. The summed E-state index contributed by atoms with van der Waals surface area (Å²) in [7, 11) is -3.50. The summed E-state index contributed by atoms with van der Waals surface area (Å²) in [4.78, 5) is 15.6. The molecule has 0 saturated heterocycles. The van der Waals surface area contributed by atoms with Crippen molar-refractivity contribution in [2.24, 2.45) is 0 Å². The zero-order valence-electron chi connectivity index (χ0n) is 16.7. The highest BCUT2D eigenvalue weighted by molar-refractivity contribution is 9.10. The average molecular weight is 477 g/mol. The monoisotopic (exact) mass is 476 g/mol. The average Bonchev–Trinajstić information content (AvgIpc) is 3.41. The maximum Gasteiger partial charge on any atom is 0.243 e. The number of sulfonamides is 1. The van der Waals surface area contributed by atoms with E-state index in [0.29, 0.717) is 31.0 Å². The molecule has 4 rings (SSSR count). The van der Waals surface area contributed by atoms with Gasteiger partial charge in [-0.1, -0.05) is 41.9 Å². The Morgan fingerprint density at radius 1 is 1.14 bits per heavy atom. The summed E-state index contributed by atoms with van der Waals surface area (Å²) < 4.78 is 28.1. The minimum Gasteiger partial charge on any atom is -0.311 e. The van der Waals surface area contributed by atoms with Crippen molar-refractivity contribution in [3.8, 4) is 0 Å². The molecule has 1 aliphatic carbocycles. The van der Waals surface area contributed by atoms with E-state index < -0.39 is 15.4 Å². The Morgan fingerprint density at radius 3 is 2.48 bits per heavy atom. The lowest BCUT2D eigenvalue weighted by atomic mass is 9.94. The molecule has 1 fully saturated rings. The van der Waals surface area contributed by atoms with E-state index >= 15 is 0 Å². The first-order chi connectivity index (χ1) is 13.8. The summed E-state index contributed by atoms with van der Waals surface area (Å²) in [6.07, 6.45) is 2.38. The Morgan fingerprint density at radius 2 is 1.86 bits per heavy atom. The van der Waals surface area contributed by atoms with Gasteiger partial charge in [0.1, 0.15) is 0 Å². The van der Waals surface area contributed by atoms with E-state index in [0.717, 1.165) is 34.1 Å². The number of nitrogens with zero attached hydrogens (tertiary/aromatic N) is 2. The van der Waals surface area contributed by atoms with Crippen LogP contribution in [0.2, 0.25) is 0 Å². The second kappa shape index (κ2) is 7.52. The zero-order valence-corrected chi connectivity index (χ0v) is 19.1. The number of fused-ring (bicyclic) bond motifs is 1. The van der Waals surface area contributed by atoms with E-state index in [1.54, 1.807) is 18.2 Å². The maximum atomic E-state index is 13.5. The third-order valence-corrected chi connectivity index (χ3v) is 8.61. The molecular weight excluding hydrogens is 452 g/mol. The van der Waals surface area contributed by atoms with Gasteiger partial charge in [0.15, 0.2) is 0 Å². The minimum absolute atomic E-state index is 0.119. The van der Waals surface area contributed by atoms with Gasteiger partial charge in [0.2, 0.25) is 15.9 Å². The fourth-order valence-corrected chi connectivity index (χ4v) is 6.17. The predicted octanol–water partition coefficient (Wildman–Crippen LogP) is 4.10. The lowest BCUT2D eigenvalue weighted by molar-refractivity contribution is -0.120. The van der Waals surface area contributed by atoms with E-state index in [4.69, 9.17) is 0 Å². The van der Waals surface area contributed by atoms with Crippen molar-refractivity contribution in [3.05, 3.63) is 58.1 Å². The predicted molar refractivity (Wildman–Crippen MR) is 118 cm³/mol. The molecule has 29 heavy (non-hydrogen) atoms. The fraction of sp³-hybridized carbons (Fsp3) is 0.409. The number of benzene rings is 2. The molecule has 1 aliphatic heterocycles. The number of amides is 1. The molecule has 1 amide bonds. The van der Waals surface area contributed by atoms with E-state index in [2.05, 4.69) is 15.9 Å². The molecule has 2 aliphatic rings. The van der Waals surface area contributed by atoms with Gasteiger partial charge >= 0.3 is 0 Å². The first kappa shape index (κ1) is 20.6. The number of anilines is 1. The summed E-state index contributed by atoms with van der Waals surface area (Å²) >= 11 is 3.50. The van der Waals surface area contributed by atoms with Crippen LogP contribution < -0.4 is 4.90 Å². The third kappa shape index (κ3) is 3.43. The molecule has 1 saturated carbocycles. The highest BCUT2D eigenvalue weighted by Crippen LogP contribution is 2.51. The number of halogens is 1. The quantitative estimate of drug-likeness (QED) is 0.630. The molecule has 0 atom stereocenters. The van der Waals surface area contributed by atoms with Crippen LogP contribution >= 0.6 is 15.9 Å². The van der Waals surface area contributed by atoms with Crippen LogP contribution in [0, 0.1) is 0 Å². The second-order valence-corrected chi connectivity index (χ2v) is 10.5. The number of hydrogen-bond acceptors (Lipinski definition) is 3. The van der Waals surface area contributed by atoms with Crippen molar-refractivity contribution < 1.29 is 13.2 Å². The van der Waals surface area contributed by atoms with Gasteiger partial charge < -0.3 is 4.90 Å². The molecule has 0 unspecified atom stereocenters. The van der Waals surface area contributed by atoms with Crippen molar-refractivity contribution in [1.29, 1.82) is 0 Å². The Labute approximate surface area is 180 Å². The molecule has 154 valence electrons. The molecule has 0 N–H and O–H groups in total. The van der Waals surface area contributed by atoms with Crippen LogP contribution in [0.25, 0.3) is 0 Å². The van der Waals surface area contributed by atoms with Gasteiger partial charge in [-0.15, -0.1) is 0 Å². The topological polar surface area (TPSA) is 57.7 Å². The molecule has 2 aromatic carbocycles. The van der Waals surface area contributed by atoms with Crippen LogP contribution in [-0.4, -0.2) is 38.3 Å². The summed E-state index contributed by atoms with van der Waals surface area (Å²) in [5.74, 6) is 0.119. The summed E-state index contributed by atoms with van der Waals surface area (Å²) in [6, 6.07) is 13.2. The molecule has 0 aromatic heterocycles. The molecule has 5 nitrogen and oxygen atoms in total. The van der Waals surface area contributed by atoms with Crippen molar-refractivity contribution in [2.45, 2.75) is 43.4 Å². The van der Waals surface area contributed by atoms with Gasteiger partial charge in [0, 0.05) is 29.8 Å². The first-order valence-corrected chi connectivity index (χ1v) is 12.3. The Kier molecular flexibility index (Phi) is 5.34. The standard InChI is InChI=1S/C22H25BrN2O3S/c1-3-24(4-2)29(27,28)19-8-9-20-16(14-19)10-13-25(20)21(26)22(11-12-22)17-6-5-7-18(23)15-17/h5-9,14-15H,3-4,10-13H2,1-2H3. The van der Waals surface area contributed by atoms with Crippen LogP contribution in [0.5, 0.6) is 0 Å². The van der Waals surface area contributed by atoms with Gasteiger partial charge in [-0.3, -0.25) is 4.79 Å². The highest BCUT2D eigenvalue weighted by atomic mass is 79.9. The molecule has 2 aromatic rings. The van der Waals surface area contributed by atoms with Crippen molar-refractivity contribution >= 4 is 37.5 Å². The Hall–Kier alpha value is -1.70. The third-order valence-electron chi connectivity index (χ3n) is 6.07. The van der Waals surface area contributed by atoms with E-state index in [-0.39, 0.29) is 5.91 Å². The lowest BCUT2D eigenvalue weighted by Gasteiger charge is -2.25. The molecular formula is C22H25BrN2O3S. The molecule has 0 radical (unpaired) electrons. The van der Waals surface area contributed by atoms with Crippen LogP contribution in [0.3, 0.4) is 0 Å². The molecule has 0 bridgehead atoms. The van der Waals surface area contributed by atoms with Crippen molar-refractivity contribution in [1.82, 2.24) is 4.31 Å². The lowest BCUT2D eigenvalue weighted by Crippen LogP contribution is -2.38. The van der Waals surface area contributed by atoms with Crippen LogP contribution in [0.15, 0.2) is 51.8 Å². The molecule has 1 heterocycles. The van der Waals surface area contributed by atoms with Crippen LogP contribution in [-0.2, 0) is 26.7 Å². The van der Waals surface area contributed by atoms with Gasteiger partial charge in [0.25, 0.3) is 0 Å². The van der Waals surface area contributed by atoms with E-state index in [9.17, 15) is 13.2 Å². The number of carbonyl (C=O) groups is 1. The van der Waals surface area contributed by atoms with E-state index in [1.807, 2.05) is 43.0 Å². The minimum atomic E-state index is -3.50. The Balaban J connectivity index is 1.64. The summed E-state index contributed by atoms with van der Waals surface area (Å²) in [5, 5.41) is 0. The first-order valence-electron chi connectivity index (χ1n) is 10.0. The largest absolute Gasteiger partial charge is 0.311 e. The molecule has 0 spiro atoms. The van der Waals surface area contributed by atoms with Crippen molar-refractivity contribution in [3.63, 3.8) is 0 Å². The second-order valence-electron chi connectivity index (χ2n) is 7.68. The summed E-state index contributed by atoms with van der Waals surface area (Å²) in [6.45, 7) is 5.15. The Bertz CT molecular complexity index is 1060. The van der Waals surface area contributed by atoms with Gasteiger partial charge in [-0.05, 0) is 60.7 Å². The smallest absolute Gasteiger partial charge is 0.243 e. The van der Waals surface area contributed by atoms with Gasteiger partial charge in [0.05, 0.1) is 10.3 Å². The molecule has 7 heteroatoms.